The van der Waals surface area contributed by atoms with Crippen LogP contribution in [0.1, 0.15) is 30.4 Å². The molecule has 0 saturated carbocycles. The van der Waals surface area contributed by atoms with Crippen LogP contribution < -0.4 is 14.2 Å². The summed E-state index contributed by atoms with van der Waals surface area (Å²) in [5.74, 6) is 3.26. The van der Waals surface area contributed by atoms with Crippen LogP contribution in [0.2, 0.25) is 0 Å². The Kier molecular flexibility index (Phi) is 5.25. The van der Waals surface area contributed by atoms with E-state index in [4.69, 9.17) is 14.2 Å². The van der Waals surface area contributed by atoms with E-state index in [2.05, 4.69) is 21.9 Å². The Labute approximate surface area is 177 Å². The molecular weight excluding hydrogens is 380 g/mol. The molecule has 2 aromatic carbocycles. The Morgan fingerprint density at radius 1 is 1.03 bits per heavy atom. The second kappa shape index (κ2) is 8.19. The van der Waals surface area contributed by atoms with Gasteiger partial charge in [-0.25, -0.2) is 0 Å². The van der Waals surface area contributed by atoms with Crippen molar-refractivity contribution < 1.29 is 19.0 Å². The van der Waals surface area contributed by atoms with Crippen LogP contribution in [0, 0.1) is 5.92 Å². The number of carbonyl (C=O) groups is 1. The summed E-state index contributed by atoms with van der Waals surface area (Å²) < 4.78 is 16.3. The van der Waals surface area contributed by atoms with Gasteiger partial charge in [-0.3, -0.25) is 9.69 Å². The van der Waals surface area contributed by atoms with Crippen molar-refractivity contribution in [3.8, 4) is 17.2 Å². The fourth-order valence-electron chi connectivity index (χ4n) is 5.04. The Hall–Kier alpha value is -2.73. The number of ether oxygens (including phenoxy) is 3. The highest BCUT2D eigenvalue weighted by molar-refractivity contribution is 5.77. The van der Waals surface area contributed by atoms with Crippen LogP contribution in [-0.2, 0) is 17.9 Å². The van der Waals surface area contributed by atoms with Gasteiger partial charge < -0.3 is 19.1 Å². The summed E-state index contributed by atoms with van der Waals surface area (Å²) in [6.07, 6.45) is 2.64. The fraction of sp³-hybridized carbons (Fsp3) is 0.458. The average Bonchev–Trinajstić information content (AvgIpc) is 3.24. The second-order valence-corrected chi connectivity index (χ2v) is 8.45. The molecule has 0 unspecified atom stereocenters. The molecule has 6 heteroatoms. The molecule has 2 saturated heterocycles. The number of rotatable bonds is 5. The van der Waals surface area contributed by atoms with Crippen molar-refractivity contribution in [1.29, 1.82) is 0 Å². The minimum absolute atomic E-state index is 0.273. The largest absolute Gasteiger partial charge is 0.497 e. The third kappa shape index (κ3) is 3.84. The average molecular weight is 408 g/mol. The predicted octanol–water partition coefficient (Wildman–Crippen LogP) is 3.44. The topological polar surface area (TPSA) is 51.2 Å². The highest BCUT2D eigenvalue weighted by atomic mass is 16.7. The summed E-state index contributed by atoms with van der Waals surface area (Å²) in [6, 6.07) is 14.6. The van der Waals surface area contributed by atoms with Gasteiger partial charge in [-0.05, 0) is 54.2 Å². The first-order valence-electron chi connectivity index (χ1n) is 10.7. The molecule has 0 bridgehead atoms. The van der Waals surface area contributed by atoms with Crippen molar-refractivity contribution in [1.82, 2.24) is 9.80 Å². The molecule has 3 aliphatic rings. The van der Waals surface area contributed by atoms with Gasteiger partial charge >= 0.3 is 0 Å². The van der Waals surface area contributed by atoms with Crippen LogP contribution in [-0.4, -0.2) is 48.7 Å². The van der Waals surface area contributed by atoms with Gasteiger partial charge in [0, 0.05) is 38.6 Å². The molecule has 6 nitrogen and oxygen atoms in total. The molecular formula is C24H28N2O4. The number of amides is 1. The Morgan fingerprint density at radius 3 is 2.80 bits per heavy atom. The third-order valence-electron chi connectivity index (χ3n) is 6.56. The minimum atomic E-state index is 0.273. The van der Waals surface area contributed by atoms with E-state index in [9.17, 15) is 4.79 Å². The molecule has 30 heavy (non-hydrogen) atoms. The molecule has 0 radical (unpaired) electrons. The van der Waals surface area contributed by atoms with Gasteiger partial charge in [0.25, 0.3) is 0 Å². The zero-order chi connectivity index (χ0) is 20.5. The van der Waals surface area contributed by atoms with Crippen molar-refractivity contribution in [3.05, 3.63) is 53.6 Å². The van der Waals surface area contributed by atoms with Crippen LogP contribution in [0.25, 0.3) is 0 Å². The highest BCUT2D eigenvalue weighted by Crippen LogP contribution is 2.36. The number of hydrogen-bond donors (Lipinski definition) is 0. The first-order chi connectivity index (χ1) is 14.7. The zero-order valence-corrected chi connectivity index (χ0v) is 17.4. The molecule has 2 atom stereocenters. The lowest BCUT2D eigenvalue weighted by Crippen LogP contribution is -2.55. The lowest BCUT2D eigenvalue weighted by Gasteiger charge is -2.47. The maximum Gasteiger partial charge on any atom is 0.231 e. The maximum atomic E-state index is 12.8. The lowest BCUT2D eigenvalue weighted by atomic mass is 9.83. The molecule has 0 aliphatic carbocycles. The Balaban J connectivity index is 1.26. The van der Waals surface area contributed by atoms with E-state index in [-0.39, 0.29) is 12.7 Å². The number of fused-ring (bicyclic) bond motifs is 2. The van der Waals surface area contributed by atoms with Gasteiger partial charge in [-0.15, -0.1) is 0 Å². The van der Waals surface area contributed by atoms with Crippen molar-refractivity contribution in [2.45, 2.75) is 38.4 Å². The van der Waals surface area contributed by atoms with E-state index in [1.54, 1.807) is 7.11 Å². The van der Waals surface area contributed by atoms with Crippen LogP contribution >= 0.6 is 0 Å². The summed E-state index contributed by atoms with van der Waals surface area (Å²) in [5.41, 5.74) is 2.38. The monoisotopic (exact) mass is 408 g/mol. The Morgan fingerprint density at radius 2 is 1.90 bits per heavy atom. The highest BCUT2D eigenvalue weighted by Gasteiger charge is 2.39. The molecule has 0 spiro atoms. The van der Waals surface area contributed by atoms with Gasteiger partial charge in [0.15, 0.2) is 11.5 Å². The number of hydrogen-bond acceptors (Lipinski definition) is 5. The molecule has 1 amide bonds. The van der Waals surface area contributed by atoms with Crippen LogP contribution in [0.15, 0.2) is 42.5 Å². The fourth-order valence-corrected chi connectivity index (χ4v) is 5.04. The normalized spacial score (nSPS) is 23.4. The quantitative estimate of drug-likeness (QED) is 0.759. The van der Waals surface area contributed by atoms with Crippen LogP contribution in [0.4, 0.5) is 0 Å². The second-order valence-electron chi connectivity index (χ2n) is 8.45. The smallest absolute Gasteiger partial charge is 0.231 e. The molecule has 0 N–H and O–H groups in total. The summed E-state index contributed by atoms with van der Waals surface area (Å²) in [5, 5.41) is 0. The summed E-state index contributed by atoms with van der Waals surface area (Å²) in [4.78, 5) is 17.4. The molecule has 2 aromatic rings. The number of nitrogens with zero attached hydrogens (tertiary/aromatic N) is 2. The molecule has 5 rings (SSSR count). The predicted molar refractivity (Wildman–Crippen MR) is 113 cm³/mol. The van der Waals surface area contributed by atoms with E-state index in [0.717, 1.165) is 55.3 Å². The third-order valence-corrected chi connectivity index (χ3v) is 6.56. The van der Waals surface area contributed by atoms with Crippen molar-refractivity contribution in [2.75, 3.05) is 27.0 Å². The van der Waals surface area contributed by atoms with E-state index in [1.165, 1.54) is 5.56 Å². The Bertz CT molecular complexity index is 931. The standard InChI is InChI=1S/C24H28N2O4/c1-28-20-4-2-3-17(11-20)13-25-10-9-21-19(15-25)6-8-24(27)26(21)14-18-5-7-22-23(12-18)30-16-29-22/h2-5,7,11-12,19,21H,6,8-10,13-16H2,1H3/t19-,21+/m1/s1. The van der Waals surface area contributed by atoms with Gasteiger partial charge in [0.1, 0.15) is 5.75 Å². The maximum absolute atomic E-state index is 12.8. The van der Waals surface area contributed by atoms with Crippen molar-refractivity contribution in [2.24, 2.45) is 5.92 Å². The molecule has 3 heterocycles. The zero-order valence-electron chi connectivity index (χ0n) is 17.4. The molecule has 158 valence electrons. The van der Waals surface area contributed by atoms with Crippen LogP contribution in [0.5, 0.6) is 17.2 Å². The lowest BCUT2D eigenvalue weighted by molar-refractivity contribution is -0.142. The first kappa shape index (κ1) is 19.2. The molecule has 0 aromatic heterocycles. The summed E-state index contributed by atoms with van der Waals surface area (Å²) >= 11 is 0. The van der Waals surface area contributed by atoms with Gasteiger partial charge in [-0.1, -0.05) is 18.2 Å². The molecule has 3 aliphatic heterocycles. The van der Waals surface area contributed by atoms with Crippen molar-refractivity contribution >= 4 is 5.91 Å². The van der Waals surface area contributed by atoms with E-state index < -0.39 is 0 Å². The van der Waals surface area contributed by atoms with E-state index >= 15 is 0 Å². The van der Waals surface area contributed by atoms with Crippen molar-refractivity contribution in [3.63, 3.8) is 0 Å². The number of carbonyl (C=O) groups excluding carboxylic acids is 1. The first-order valence-corrected chi connectivity index (χ1v) is 10.7. The minimum Gasteiger partial charge on any atom is -0.497 e. The molecule has 2 fully saturated rings. The van der Waals surface area contributed by atoms with Crippen LogP contribution in [0.3, 0.4) is 0 Å². The number of methoxy groups -OCH3 is 1. The van der Waals surface area contributed by atoms with E-state index in [1.807, 2.05) is 30.3 Å². The summed E-state index contributed by atoms with van der Waals surface area (Å²) in [6.45, 7) is 3.88. The number of piperidine rings is 2. The SMILES string of the molecule is COc1cccc(CN2CC[C@H]3[C@H](CCC(=O)N3Cc3ccc4c(c3)OCO4)C2)c1. The summed E-state index contributed by atoms with van der Waals surface area (Å²) in [7, 11) is 1.71. The van der Waals surface area contributed by atoms with Gasteiger partial charge in [0.2, 0.25) is 12.7 Å². The van der Waals surface area contributed by atoms with E-state index in [0.29, 0.717) is 24.9 Å². The number of likely N-dealkylation sites (tertiary alicyclic amines) is 2. The van der Waals surface area contributed by atoms with Gasteiger partial charge in [0.05, 0.1) is 7.11 Å². The number of benzene rings is 2. The van der Waals surface area contributed by atoms with Gasteiger partial charge in [-0.2, -0.15) is 0 Å².